The highest BCUT2D eigenvalue weighted by atomic mass is 32.1. The van der Waals surface area contributed by atoms with Crippen LogP contribution in [-0.2, 0) is 11.2 Å². The third kappa shape index (κ3) is 6.87. The zero-order valence-electron chi connectivity index (χ0n) is 16.7. The molecule has 0 bridgehead atoms. The van der Waals surface area contributed by atoms with Gasteiger partial charge in [0.05, 0.1) is 11.3 Å². The van der Waals surface area contributed by atoms with Gasteiger partial charge in [0.1, 0.15) is 5.76 Å². The van der Waals surface area contributed by atoms with Crippen LogP contribution in [0.4, 0.5) is 5.00 Å². The summed E-state index contributed by atoms with van der Waals surface area (Å²) < 4.78 is 10.8. The topological polar surface area (TPSA) is 62.0 Å². The van der Waals surface area contributed by atoms with E-state index in [9.17, 15) is 0 Å². The Kier molecular flexibility index (Phi) is 8.71. The van der Waals surface area contributed by atoms with Gasteiger partial charge in [-0.05, 0) is 55.8 Å². The Morgan fingerprint density at radius 2 is 2.21 bits per heavy atom. The molecule has 1 saturated heterocycles. The Labute approximate surface area is 172 Å². The number of anilines is 1. The molecule has 0 saturated carbocycles. The minimum Gasteiger partial charge on any atom is -0.469 e. The third-order valence-corrected chi connectivity index (χ3v) is 5.75. The Bertz CT molecular complexity index is 665. The quantitative estimate of drug-likeness (QED) is 0.360. The van der Waals surface area contributed by atoms with Crippen molar-refractivity contribution in [2.45, 2.75) is 38.6 Å². The summed E-state index contributed by atoms with van der Waals surface area (Å²) in [4.78, 5) is 7.23. The monoisotopic (exact) mass is 404 g/mol. The lowest BCUT2D eigenvalue weighted by Crippen LogP contribution is -2.49. The normalized spacial score (nSPS) is 15.8. The van der Waals surface area contributed by atoms with Gasteiger partial charge in [-0.25, -0.2) is 0 Å². The summed E-state index contributed by atoms with van der Waals surface area (Å²) in [6, 6.07) is 8.73. The lowest BCUT2D eigenvalue weighted by molar-refractivity contribution is 0.146. The van der Waals surface area contributed by atoms with Gasteiger partial charge in [-0.2, -0.15) is 0 Å². The average Bonchev–Trinajstić information content (AvgIpc) is 3.42. The first-order valence-electron chi connectivity index (χ1n) is 10.3. The number of guanidine groups is 1. The molecule has 6 nitrogen and oxygen atoms in total. The van der Waals surface area contributed by atoms with Gasteiger partial charge in [0.25, 0.3) is 0 Å². The number of nitrogens with zero attached hydrogens (tertiary/aromatic N) is 2. The molecule has 3 rings (SSSR count). The second kappa shape index (κ2) is 11.8. The number of hydrogen-bond donors (Lipinski definition) is 2. The van der Waals surface area contributed by atoms with Crippen LogP contribution in [0.2, 0.25) is 0 Å². The molecule has 1 fully saturated rings. The Morgan fingerprint density at radius 3 is 2.93 bits per heavy atom. The van der Waals surface area contributed by atoms with Crippen LogP contribution in [-0.4, -0.2) is 51.4 Å². The van der Waals surface area contributed by atoms with Crippen molar-refractivity contribution in [1.29, 1.82) is 0 Å². The van der Waals surface area contributed by atoms with Gasteiger partial charge in [-0.1, -0.05) is 0 Å². The summed E-state index contributed by atoms with van der Waals surface area (Å²) in [5.74, 6) is 1.89. The number of aliphatic imine (C=N–C) groups is 1. The fraction of sp³-hybridized carbons (Fsp3) is 0.571. The van der Waals surface area contributed by atoms with E-state index in [-0.39, 0.29) is 0 Å². The number of thiophene rings is 1. The van der Waals surface area contributed by atoms with Crippen molar-refractivity contribution >= 4 is 22.3 Å². The molecule has 2 aromatic rings. The van der Waals surface area contributed by atoms with Gasteiger partial charge >= 0.3 is 0 Å². The summed E-state index contributed by atoms with van der Waals surface area (Å²) in [7, 11) is 0. The van der Waals surface area contributed by atoms with E-state index in [1.54, 1.807) is 6.26 Å². The molecule has 154 valence electrons. The lowest BCUT2D eigenvalue weighted by atomic mass is 10.1. The van der Waals surface area contributed by atoms with Crippen molar-refractivity contribution in [2.24, 2.45) is 4.99 Å². The van der Waals surface area contributed by atoms with Crippen LogP contribution in [0.1, 0.15) is 31.9 Å². The molecule has 0 spiro atoms. The van der Waals surface area contributed by atoms with Gasteiger partial charge in [0, 0.05) is 51.9 Å². The smallest absolute Gasteiger partial charge is 0.191 e. The van der Waals surface area contributed by atoms with E-state index in [0.717, 1.165) is 76.8 Å². The Balaban J connectivity index is 1.45. The van der Waals surface area contributed by atoms with E-state index < -0.39 is 0 Å². The molecule has 28 heavy (non-hydrogen) atoms. The minimum absolute atomic E-state index is 0.456. The zero-order valence-corrected chi connectivity index (χ0v) is 17.5. The van der Waals surface area contributed by atoms with E-state index >= 15 is 0 Å². The Morgan fingerprint density at radius 1 is 1.32 bits per heavy atom. The SMILES string of the molecule is CCOCCCN=C(NCCc1ccco1)NC1CCN(c2cccs2)CC1. The molecule has 2 N–H and O–H groups in total. The second-order valence-corrected chi connectivity index (χ2v) is 7.82. The first-order chi connectivity index (χ1) is 13.8. The maximum absolute atomic E-state index is 5.42. The van der Waals surface area contributed by atoms with Crippen molar-refractivity contribution in [3.8, 4) is 0 Å². The van der Waals surface area contributed by atoms with Crippen LogP contribution in [0.5, 0.6) is 0 Å². The van der Waals surface area contributed by atoms with Crippen LogP contribution in [0.3, 0.4) is 0 Å². The van der Waals surface area contributed by atoms with Gasteiger partial charge in [0.2, 0.25) is 0 Å². The van der Waals surface area contributed by atoms with E-state index in [1.807, 2.05) is 30.4 Å². The molecule has 0 atom stereocenters. The van der Waals surface area contributed by atoms with Gasteiger partial charge in [-0.15, -0.1) is 11.3 Å². The average molecular weight is 405 g/mol. The molecule has 0 aromatic carbocycles. The first kappa shape index (κ1) is 20.7. The number of ether oxygens (including phenoxy) is 1. The van der Waals surface area contributed by atoms with Gasteiger partial charge < -0.3 is 24.7 Å². The van der Waals surface area contributed by atoms with Crippen molar-refractivity contribution in [3.05, 3.63) is 41.7 Å². The Hall–Kier alpha value is -1.99. The van der Waals surface area contributed by atoms with E-state index in [1.165, 1.54) is 5.00 Å². The molecule has 3 heterocycles. The fourth-order valence-electron chi connectivity index (χ4n) is 3.30. The summed E-state index contributed by atoms with van der Waals surface area (Å²) in [6.07, 6.45) is 5.75. The number of hydrogen-bond acceptors (Lipinski definition) is 5. The standard InChI is InChI=1S/C21H32N4O2S/c1-2-26-15-5-11-22-21(23-12-8-19-6-3-16-27-19)24-18-9-13-25(14-10-18)20-7-4-17-28-20/h3-4,6-7,16-18H,2,5,8-15H2,1H3,(H2,22,23,24). The largest absolute Gasteiger partial charge is 0.469 e. The van der Waals surface area contributed by atoms with Crippen molar-refractivity contribution in [3.63, 3.8) is 0 Å². The summed E-state index contributed by atoms with van der Waals surface area (Å²) in [5.41, 5.74) is 0. The summed E-state index contributed by atoms with van der Waals surface area (Å²) in [5, 5.41) is 10.6. The van der Waals surface area contributed by atoms with Gasteiger partial charge in [-0.3, -0.25) is 4.99 Å². The van der Waals surface area contributed by atoms with Crippen LogP contribution in [0, 0.1) is 0 Å². The number of rotatable bonds is 10. The molecular formula is C21H32N4O2S. The number of furan rings is 1. The molecule has 2 aromatic heterocycles. The maximum Gasteiger partial charge on any atom is 0.191 e. The van der Waals surface area contributed by atoms with E-state index in [4.69, 9.17) is 14.1 Å². The van der Waals surface area contributed by atoms with Crippen LogP contribution < -0.4 is 15.5 Å². The predicted octanol–water partition coefficient (Wildman–Crippen LogP) is 3.51. The van der Waals surface area contributed by atoms with E-state index in [2.05, 4.69) is 33.0 Å². The molecule has 0 amide bonds. The van der Waals surface area contributed by atoms with Gasteiger partial charge in [0.15, 0.2) is 5.96 Å². The highest BCUT2D eigenvalue weighted by Crippen LogP contribution is 2.24. The van der Waals surface area contributed by atoms with Crippen LogP contribution in [0.15, 0.2) is 45.3 Å². The predicted molar refractivity (Wildman–Crippen MR) is 117 cm³/mol. The highest BCUT2D eigenvalue weighted by Gasteiger charge is 2.20. The van der Waals surface area contributed by atoms with E-state index in [0.29, 0.717) is 6.04 Å². The fourth-order valence-corrected chi connectivity index (χ4v) is 4.09. The first-order valence-corrected chi connectivity index (χ1v) is 11.2. The number of piperidine rings is 1. The molecule has 7 heteroatoms. The second-order valence-electron chi connectivity index (χ2n) is 6.89. The molecular weight excluding hydrogens is 372 g/mol. The molecule has 1 aliphatic rings. The summed E-state index contributed by atoms with van der Waals surface area (Å²) in [6.45, 7) is 7.29. The zero-order chi connectivity index (χ0) is 19.4. The highest BCUT2D eigenvalue weighted by molar-refractivity contribution is 7.14. The molecule has 0 unspecified atom stereocenters. The van der Waals surface area contributed by atoms with Crippen LogP contribution >= 0.6 is 11.3 Å². The maximum atomic E-state index is 5.42. The van der Waals surface area contributed by atoms with Crippen molar-refractivity contribution in [2.75, 3.05) is 44.3 Å². The third-order valence-electron chi connectivity index (χ3n) is 4.82. The molecule has 0 aliphatic carbocycles. The van der Waals surface area contributed by atoms with Crippen molar-refractivity contribution < 1.29 is 9.15 Å². The van der Waals surface area contributed by atoms with Crippen LogP contribution in [0.25, 0.3) is 0 Å². The lowest BCUT2D eigenvalue weighted by Gasteiger charge is -2.33. The molecule has 1 aliphatic heterocycles. The van der Waals surface area contributed by atoms with Crippen molar-refractivity contribution in [1.82, 2.24) is 10.6 Å². The molecule has 0 radical (unpaired) electrons. The minimum atomic E-state index is 0.456. The number of nitrogens with one attached hydrogen (secondary N) is 2. The summed E-state index contributed by atoms with van der Waals surface area (Å²) >= 11 is 1.82.